The van der Waals surface area contributed by atoms with Crippen molar-refractivity contribution in [1.82, 2.24) is 0 Å². The maximum Gasteiger partial charge on any atom is 0.303 e. The van der Waals surface area contributed by atoms with Gasteiger partial charge in [0.25, 0.3) is 0 Å². The third kappa shape index (κ3) is 4.90. The van der Waals surface area contributed by atoms with Crippen LogP contribution in [0.4, 0.5) is 0 Å². The number of aliphatic hydroxyl groups is 1. The fourth-order valence-electron chi connectivity index (χ4n) is 3.53. The summed E-state index contributed by atoms with van der Waals surface area (Å²) in [7, 11) is 0. The number of hydrogen-bond acceptors (Lipinski definition) is 3. The lowest BCUT2D eigenvalue weighted by Crippen LogP contribution is -2.18. The highest BCUT2D eigenvalue weighted by Gasteiger charge is 2.41. The Morgan fingerprint density at radius 2 is 1.78 bits per heavy atom. The van der Waals surface area contributed by atoms with Crippen LogP contribution >= 0.6 is 0 Å². The number of carbonyl (C=O) groups excluding carboxylic acids is 1. The van der Waals surface area contributed by atoms with Crippen LogP contribution in [0.15, 0.2) is 24.3 Å². The van der Waals surface area contributed by atoms with Gasteiger partial charge in [-0.1, -0.05) is 49.1 Å². The lowest BCUT2D eigenvalue weighted by Gasteiger charge is -2.21. The molecule has 0 aliphatic heterocycles. The van der Waals surface area contributed by atoms with Crippen LogP contribution in [-0.2, 0) is 9.59 Å². The summed E-state index contributed by atoms with van der Waals surface area (Å²) in [5.41, 5.74) is 2.22. The van der Waals surface area contributed by atoms with Crippen molar-refractivity contribution in [3.63, 3.8) is 0 Å². The predicted molar refractivity (Wildman–Crippen MR) is 88.4 cm³/mol. The number of aryl methyl sites for hydroxylation is 1. The molecule has 1 aromatic carbocycles. The summed E-state index contributed by atoms with van der Waals surface area (Å²) < 4.78 is 0. The van der Waals surface area contributed by atoms with Crippen LogP contribution in [0.3, 0.4) is 0 Å². The van der Waals surface area contributed by atoms with Gasteiger partial charge in [0.2, 0.25) is 0 Å². The summed E-state index contributed by atoms with van der Waals surface area (Å²) in [4.78, 5) is 22.7. The van der Waals surface area contributed by atoms with E-state index < -0.39 is 12.1 Å². The zero-order valence-corrected chi connectivity index (χ0v) is 13.7. The van der Waals surface area contributed by atoms with Crippen molar-refractivity contribution in [2.45, 2.75) is 63.9 Å². The van der Waals surface area contributed by atoms with Gasteiger partial charge in [-0.2, -0.15) is 0 Å². The Morgan fingerprint density at radius 3 is 2.43 bits per heavy atom. The van der Waals surface area contributed by atoms with E-state index in [0.29, 0.717) is 6.42 Å². The number of carboxylic acid groups (broad SMARTS) is 1. The van der Waals surface area contributed by atoms with Gasteiger partial charge in [0.15, 0.2) is 0 Å². The third-order valence-electron chi connectivity index (χ3n) is 4.79. The van der Waals surface area contributed by atoms with Gasteiger partial charge >= 0.3 is 5.97 Å². The molecule has 0 saturated heterocycles. The van der Waals surface area contributed by atoms with E-state index in [2.05, 4.69) is 0 Å². The van der Waals surface area contributed by atoms with Crippen LogP contribution in [0.1, 0.15) is 62.0 Å². The van der Waals surface area contributed by atoms with Crippen molar-refractivity contribution < 1.29 is 19.8 Å². The molecule has 0 radical (unpaired) electrons. The molecular weight excluding hydrogens is 292 g/mol. The van der Waals surface area contributed by atoms with E-state index in [-0.39, 0.29) is 30.5 Å². The number of benzene rings is 1. The fraction of sp³-hybridized carbons (Fsp3) is 0.579. The summed E-state index contributed by atoms with van der Waals surface area (Å²) in [6, 6.07) is 8.07. The van der Waals surface area contributed by atoms with Crippen molar-refractivity contribution in [3.8, 4) is 0 Å². The van der Waals surface area contributed by atoms with Gasteiger partial charge in [-0.15, -0.1) is 0 Å². The molecule has 0 aromatic heterocycles. The molecular formula is C19H26O4. The van der Waals surface area contributed by atoms with Crippen LogP contribution in [0, 0.1) is 12.8 Å². The lowest BCUT2D eigenvalue weighted by atomic mass is 9.84. The molecule has 23 heavy (non-hydrogen) atoms. The van der Waals surface area contributed by atoms with Gasteiger partial charge in [0.1, 0.15) is 5.78 Å². The van der Waals surface area contributed by atoms with Gasteiger partial charge in [-0.25, -0.2) is 0 Å². The molecule has 0 spiro atoms. The summed E-state index contributed by atoms with van der Waals surface area (Å²) in [5, 5.41) is 18.9. The van der Waals surface area contributed by atoms with Crippen molar-refractivity contribution in [2.75, 3.05) is 0 Å². The minimum absolute atomic E-state index is 0.0953. The van der Waals surface area contributed by atoms with Crippen LogP contribution in [0.25, 0.3) is 0 Å². The molecule has 1 saturated carbocycles. The first-order chi connectivity index (χ1) is 11.0. The predicted octanol–water partition coefficient (Wildman–Crippen LogP) is 3.45. The SMILES string of the molecule is Cc1ccc([C@H]2[C@H](O)CC(=O)[C@@H]2CCCCCCC(=O)O)cc1. The summed E-state index contributed by atoms with van der Waals surface area (Å²) >= 11 is 0. The van der Waals surface area contributed by atoms with Gasteiger partial charge in [0.05, 0.1) is 6.10 Å². The van der Waals surface area contributed by atoms with Gasteiger partial charge in [0, 0.05) is 24.7 Å². The number of carbonyl (C=O) groups is 2. The van der Waals surface area contributed by atoms with E-state index in [1.54, 1.807) is 0 Å². The van der Waals surface area contributed by atoms with Crippen molar-refractivity contribution >= 4 is 11.8 Å². The molecule has 4 nitrogen and oxygen atoms in total. The second-order valence-electron chi connectivity index (χ2n) is 6.63. The zero-order valence-electron chi connectivity index (χ0n) is 13.7. The molecule has 1 fully saturated rings. The maximum absolute atomic E-state index is 12.2. The molecule has 3 atom stereocenters. The number of hydrogen-bond donors (Lipinski definition) is 2. The average molecular weight is 318 g/mol. The molecule has 1 aliphatic carbocycles. The van der Waals surface area contributed by atoms with Gasteiger partial charge < -0.3 is 10.2 Å². The summed E-state index contributed by atoms with van der Waals surface area (Å²) in [6.07, 6.45) is 4.08. The molecule has 0 bridgehead atoms. The number of Topliss-reactive ketones (excluding diaryl/α,β-unsaturated/α-hetero) is 1. The number of unbranched alkanes of at least 4 members (excludes halogenated alkanes) is 3. The van der Waals surface area contributed by atoms with Crippen LogP contribution in [-0.4, -0.2) is 28.1 Å². The highest BCUT2D eigenvalue weighted by atomic mass is 16.4. The Kier molecular flexibility index (Phi) is 6.34. The number of aliphatic hydroxyl groups excluding tert-OH is 1. The topological polar surface area (TPSA) is 74.6 Å². The van der Waals surface area contributed by atoms with Gasteiger partial charge in [-0.3, -0.25) is 9.59 Å². The maximum atomic E-state index is 12.2. The minimum atomic E-state index is -0.751. The second kappa shape index (κ2) is 8.25. The van der Waals surface area contributed by atoms with Crippen molar-refractivity contribution in [1.29, 1.82) is 0 Å². The first-order valence-electron chi connectivity index (χ1n) is 8.48. The standard InChI is InChI=1S/C19H26O4/c1-13-8-10-14(11-9-13)19-15(16(20)12-17(19)21)6-4-2-3-5-7-18(22)23/h8-11,15,17,19,21H,2-7,12H2,1H3,(H,22,23)/t15-,17+,19+/m0/s1. The van der Waals surface area contributed by atoms with Crippen LogP contribution in [0.2, 0.25) is 0 Å². The highest BCUT2D eigenvalue weighted by Crippen LogP contribution is 2.40. The van der Waals surface area contributed by atoms with E-state index >= 15 is 0 Å². The quantitative estimate of drug-likeness (QED) is 0.720. The Hall–Kier alpha value is -1.68. The Labute approximate surface area is 137 Å². The molecule has 2 N–H and O–H groups in total. The number of carboxylic acids is 1. The molecule has 4 heteroatoms. The zero-order chi connectivity index (χ0) is 16.8. The summed E-state index contributed by atoms with van der Waals surface area (Å²) in [5.74, 6) is -0.790. The molecule has 0 heterocycles. The summed E-state index contributed by atoms with van der Waals surface area (Å²) in [6.45, 7) is 2.02. The molecule has 1 aliphatic rings. The largest absolute Gasteiger partial charge is 0.481 e. The highest BCUT2D eigenvalue weighted by molar-refractivity contribution is 5.85. The van der Waals surface area contributed by atoms with E-state index in [0.717, 1.165) is 31.2 Å². The first kappa shape index (κ1) is 17.7. The van der Waals surface area contributed by atoms with E-state index in [4.69, 9.17) is 5.11 Å². The van der Waals surface area contributed by atoms with Crippen molar-refractivity contribution in [3.05, 3.63) is 35.4 Å². The molecule has 0 amide bonds. The van der Waals surface area contributed by atoms with E-state index in [9.17, 15) is 14.7 Å². The van der Waals surface area contributed by atoms with Crippen molar-refractivity contribution in [2.24, 2.45) is 5.92 Å². The molecule has 0 unspecified atom stereocenters. The second-order valence-corrected chi connectivity index (χ2v) is 6.63. The first-order valence-corrected chi connectivity index (χ1v) is 8.48. The molecule has 1 aromatic rings. The third-order valence-corrected chi connectivity index (χ3v) is 4.79. The number of aliphatic carboxylic acids is 1. The monoisotopic (exact) mass is 318 g/mol. The van der Waals surface area contributed by atoms with Gasteiger partial charge in [-0.05, 0) is 25.3 Å². The van der Waals surface area contributed by atoms with E-state index in [1.807, 2.05) is 31.2 Å². The number of rotatable bonds is 8. The number of ketones is 1. The smallest absolute Gasteiger partial charge is 0.303 e. The Balaban J connectivity index is 1.89. The average Bonchev–Trinajstić information content (AvgIpc) is 2.77. The molecule has 2 rings (SSSR count). The fourth-order valence-corrected chi connectivity index (χ4v) is 3.53. The van der Waals surface area contributed by atoms with Crippen LogP contribution in [0.5, 0.6) is 0 Å². The lowest BCUT2D eigenvalue weighted by molar-refractivity contribution is -0.137. The van der Waals surface area contributed by atoms with Crippen LogP contribution < -0.4 is 0 Å². The molecule has 126 valence electrons. The Morgan fingerprint density at radius 1 is 1.13 bits per heavy atom. The minimum Gasteiger partial charge on any atom is -0.481 e. The van der Waals surface area contributed by atoms with E-state index in [1.165, 1.54) is 5.56 Å². The normalized spacial score (nSPS) is 24.1. The Bertz CT molecular complexity index is 535.